The predicted molar refractivity (Wildman–Crippen MR) is 118 cm³/mol. The number of hydrogen-bond acceptors (Lipinski definition) is 2. The van der Waals surface area contributed by atoms with Gasteiger partial charge in [0, 0.05) is 29.0 Å². The molecule has 1 aromatic carbocycles. The number of amides is 1. The first kappa shape index (κ1) is 22.2. The average molecular weight is 523 g/mol. The molecule has 1 aromatic rings. The summed E-state index contributed by atoms with van der Waals surface area (Å²) in [5.41, 5.74) is 1.29. The predicted octanol–water partition coefficient (Wildman–Crippen LogP) is 3.18. The first-order valence-corrected chi connectivity index (χ1v) is 9.05. The topological polar surface area (TPSA) is 65.5 Å². The van der Waals surface area contributed by atoms with E-state index in [1.165, 1.54) is 5.56 Å². The molecule has 1 amide bonds. The lowest BCUT2D eigenvalue weighted by molar-refractivity contribution is -0.121. The van der Waals surface area contributed by atoms with Crippen LogP contribution in [0.1, 0.15) is 39.2 Å². The van der Waals surface area contributed by atoms with E-state index in [1.807, 2.05) is 26.8 Å². The van der Waals surface area contributed by atoms with Crippen molar-refractivity contribution in [2.45, 2.75) is 44.6 Å². The van der Waals surface area contributed by atoms with Crippen LogP contribution in [0.25, 0.3) is 0 Å². The molecule has 2 rings (SSSR count). The van der Waals surface area contributed by atoms with Crippen molar-refractivity contribution in [2.75, 3.05) is 20.1 Å². The zero-order valence-electron chi connectivity index (χ0n) is 15.3. The summed E-state index contributed by atoms with van der Waals surface area (Å²) in [4.78, 5) is 16.1. The quantitative estimate of drug-likeness (QED) is 0.316. The molecule has 1 saturated carbocycles. The fourth-order valence-corrected chi connectivity index (χ4v) is 3.04. The second-order valence-electron chi connectivity index (χ2n) is 7.37. The Kier molecular flexibility index (Phi) is 8.18. The number of benzene rings is 1. The number of guanidine groups is 1. The molecular formula is C18H28BrIN4O. The Labute approximate surface area is 176 Å². The second kappa shape index (κ2) is 9.21. The van der Waals surface area contributed by atoms with Gasteiger partial charge in [-0.05, 0) is 51.3 Å². The molecule has 0 aliphatic heterocycles. The number of aliphatic imine (C=N–C) groups is 1. The zero-order chi connectivity index (χ0) is 17.8. The molecule has 1 fully saturated rings. The lowest BCUT2D eigenvalue weighted by atomic mass is 9.96. The molecule has 0 unspecified atom stereocenters. The van der Waals surface area contributed by atoms with E-state index in [2.05, 4.69) is 55.1 Å². The number of nitrogens with one attached hydrogen (secondary N) is 3. The number of hydrogen-bond donors (Lipinski definition) is 3. The van der Waals surface area contributed by atoms with Gasteiger partial charge in [-0.2, -0.15) is 0 Å². The summed E-state index contributed by atoms with van der Waals surface area (Å²) in [6.07, 6.45) is 2.33. The molecule has 1 aliphatic rings. The molecule has 0 heterocycles. The van der Waals surface area contributed by atoms with Crippen molar-refractivity contribution in [1.29, 1.82) is 0 Å². The molecule has 0 radical (unpaired) electrons. The fraction of sp³-hybridized carbons (Fsp3) is 0.556. The van der Waals surface area contributed by atoms with Crippen molar-refractivity contribution >= 4 is 51.8 Å². The summed E-state index contributed by atoms with van der Waals surface area (Å²) in [6, 6.07) is 8.47. The third-order valence-electron chi connectivity index (χ3n) is 4.04. The van der Waals surface area contributed by atoms with Gasteiger partial charge in [0.15, 0.2) is 5.96 Å². The van der Waals surface area contributed by atoms with E-state index in [1.54, 1.807) is 7.05 Å². The van der Waals surface area contributed by atoms with Gasteiger partial charge in [-0.3, -0.25) is 9.79 Å². The van der Waals surface area contributed by atoms with E-state index in [-0.39, 0.29) is 47.4 Å². The average Bonchev–Trinajstić information content (AvgIpc) is 3.27. The molecule has 0 spiro atoms. The molecule has 0 bridgehead atoms. The zero-order valence-corrected chi connectivity index (χ0v) is 19.2. The van der Waals surface area contributed by atoms with E-state index in [4.69, 9.17) is 0 Å². The standard InChI is InChI=1S/C18H27BrN4O.HI/c1-17(2,3)23-15(24)11-21-16(20-4)22-12-18(8-9-18)13-6-5-7-14(19)10-13;/h5-7,10H,8-9,11-12H2,1-4H3,(H,23,24)(H2,20,21,22);1H. The highest BCUT2D eigenvalue weighted by molar-refractivity contribution is 14.0. The Morgan fingerprint density at radius 2 is 1.96 bits per heavy atom. The van der Waals surface area contributed by atoms with Gasteiger partial charge in [-0.25, -0.2) is 0 Å². The first-order valence-electron chi connectivity index (χ1n) is 8.26. The van der Waals surface area contributed by atoms with Crippen LogP contribution in [0.2, 0.25) is 0 Å². The Bertz CT molecular complexity index is 624. The minimum absolute atomic E-state index is 0. The third-order valence-corrected chi connectivity index (χ3v) is 4.53. The molecule has 140 valence electrons. The SMILES string of the molecule is CN=C(NCC(=O)NC(C)(C)C)NCC1(c2cccc(Br)c2)CC1.I. The maximum absolute atomic E-state index is 11.9. The minimum atomic E-state index is -0.228. The molecular weight excluding hydrogens is 495 g/mol. The van der Waals surface area contributed by atoms with Gasteiger partial charge in [0.1, 0.15) is 0 Å². The smallest absolute Gasteiger partial charge is 0.239 e. The summed E-state index contributed by atoms with van der Waals surface area (Å²) in [6.45, 7) is 6.91. The third kappa shape index (κ3) is 7.13. The normalized spacial score (nSPS) is 15.8. The van der Waals surface area contributed by atoms with Crippen molar-refractivity contribution in [1.82, 2.24) is 16.0 Å². The maximum Gasteiger partial charge on any atom is 0.239 e. The van der Waals surface area contributed by atoms with E-state index in [0.29, 0.717) is 5.96 Å². The number of carbonyl (C=O) groups is 1. The van der Waals surface area contributed by atoms with Gasteiger partial charge < -0.3 is 16.0 Å². The summed E-state index contributed by atoms with van der Waals surface area (Å²) < 4.78 is 1.10. The van der Waals surface area contributed by atoms with Crippen LogP contribution in [0.3, 0.4) is 0 Å². The molecule has 0 saturated heterocycles. The second-order valence-corrected chi connectivity index (χ2v) is 8.28. The largest absolute Gasteiger partial charge is 0.356 e. The first-order chi connectivity index (χ1) is 11.2. The van der Waals surface area contributed by atoms with Crippen LogP contribution < -0.4 is 16.0 Å². The summed E-state index contributed by atoms with van der Waals surface area (Å²) in [5.74, 6) is 0.610. The summed E-state index contributed by atoms with van der Waals surface area (Å²) in [7, 11) is 1.72. The monoisotopic (exact) mass is 522 g/mol. The molecule has 0 atom stereocenters. The van der Waals surface area contributed by atoms with E-state index >= 15 is 0 Å². The Hall–Kier alpha value is -0.830. The molecule has 3 N–H and O–H groups in total. The maximum atomic E-state index is 11.9. The molecule has 5 nitrogen and oxygen atoms in total. The molecule has 0 aromatic heterocycles. The van der Waals surface area contributed by atoms with Gasteiger partial charge in [-0.15, -0.1) is 24.0 Å². The minimum Gasteiger partial charge on any atom is -0.356 e. The highest BCUT2D eigenvalue weighted by atomic mass is 127. The van der Waals surface area contributed by atoms with Crippen molar-refractivity contribution < 1.29 is 4.79 Å². The Morgan fingerprint density at radius 1 is 1.28 bits per heavy atom. The van der Waals surface area contributed by atoms with Crippen LogP contribution in [-0.4, -0.2) is 37.5 Å². The molecule has 7 heteroatoms. The summed E-state index contributed by atoms with van der Waals surface area (Å²) >= 11 is 3.54. The van der Waals surface area contributed by atoms with Crippen LogP contribution in [0, 0.1) is 0 Å². The number of carbonyl (C=O) groups excluding carboxylic acids is 1. The van der Waals surface area contributed by atoms with Crippen molar-refractivity contribution in [2.24, 2.45) is 4.99 Å². The van der Waals surface area contributed by atoms with E-state index in [9.17, 15) is 4.79 Å². The Balaban J connectivity index is 0.00000312. The Morgan fingerprint density at radius 3 is 2.48 bits per heavy atom. The van der Waals surface area contributed by atoms with Crippen molar-refractivity contribution in [3.8, 4) is 0 Å². The van der Waals surface area contributed by atoms with Crippen LogP contribution >= 0.6 is 39.9 Å². The number of nitrogens with zero attached hydrogens (tertiary/aromatic N) is 1. The van der Waals surface area contributed by atoms with Gasteiger partial charge >= 0.3 is 0 Å². The van der Waals surface area contributed by atoms with E-state index in [0.717, 1.165) is 23.9 Å². The van der Waals surface area contributed by atoms with Crippen molar-refractivity contribution in [3.05, 3.63) is 34.3 Å². The van der Waals surface area contributed by atoms with Crippen molar-refractivity contribution in [3.63, 3.8) is 0 Å². The van der Waals surface area contributed by atoms with E-state index < -0.39 is 0 Å². The molecule has 25 heavy (non-hydrogen) atoms. The van der Waals surface area contributed by atoms with Gasteiger partial charge in [0.05, 0.1) is 6.54 Å². The highest BCUT2D eigenvalue weighted by Gasteiger charge is 2.44. The molecule has 1 aliphatic carbocycles. The lowest BCUT2D eigenvalue weighted by Crippen LogP contribution is -2.49. The van der Waals surface area contributed by atoms with Gasteiger partial charge in [0.2, 0.25) is 5.91 Å². The van der Waals surface area contributed by atoms with Crippen LogP contribution in [0.4, 0.5) is 0 Å². The van der Waals surface area contributed by atoms with Gasteiger partial charge in [0.25, 0.3) is 0 Å². The van der Waals surface area contributed by atoms with Crippen LogP contribution in [0.5, 0.6) is 0 Å². The van der Waals surface area contributed by atoms with Crippen LogP contribution in [-0.2, 0) is 10.2 Å². The number of halogens is 2. The van der Waals surface area contributed by atoms with Gasteiger partial charge in [-0.1, -0.05) is 28.1 Å². The highest BCUT2D eigenvalue weighted by Crippen LogP contribution is 2.48. The number of rotatable bonds is 5. The lowest BCUT2D eigenvalue weighted by Gasteiger charge is -2.22. The summed E-state index contributed by atoms with van der Waals surface area (Å²) in [5, 5.41) is 9.35. The fourth-order valence-electron chi connectivity index (χ4n) is 2.64. The van der Waals surface area contributed by atoms with Crippen LogP contribution in [0.15, 0.2) is 33.7 Å².